The van der Waals surface area contributed by atoms with Crippen LogP contribution < -0.4 is 5.32 Å². The molecule has 0 unspecified atom stereocenters. The van der Waals surface area contributed by atoms with Crippen molar-refractivity contribution in [1.29, 1.82) is 0 Å². The van der Waals surface area contributed by atoms with E-state index in [1.807, 2.05) is 0 Å². The Morgan fingerprint density at radius 2 is 2.14 bits per heavy atom. The molecule has 1 aromatic carbocycles. The maximum atomic E-state index is 13.6. The van der Waals surface area contributed by atoms with Crippen LogP contribution in [-0.4, -0.2) is 15.3 Å². The van der Waals surface area contributed by atoms with E-state index >= 15 is 0 Å². The lowest BCUT2D eigenvalue weighted by atomic mass is 10.2. The fraction of sp³-hybridized carbons (Fsp3) is 0.125. The number of carbonyl (C=O) groups is 1. The van der Waals surface area contributed by atoms with Gasteiger partial charge in [-0.2, -0.15) is 0 Å². The fourth-order valence-electron chi connectivity index (χ4n) is 2.31. The van der Waals surface area contributed by atoms with Gasteiger partial charge in [0.05, 0.1) is 5.69 Å². The number of pyridine rings is 1. The average molecular weight is 318 g/mol. The summed E-state index contributed by atoms with van der Waals surface area (Å²) in [7, 11) is 0. The second-order valence-corrected chi connectivity index (χ2v) is 5.33. The number of aromatic nitrogens is 2. The predicted molar refractivity (Wildman–Crippen MR) is 82.5 cm³/mol. The molecule has 0 aliphatic carbocycles. The molecular formula is C16H13ClFN3O. The fourth-order valence-corrected chi connectivity index (χ4v) is 2.47. The molecule has 1 amide bonds. The van der Waals surface area contributed by atoms with Crippen molar-refractivity contribution in [3.8, 4) is 0 Å². The molecule has 6 heteroatoms. The van der Waals surface area contributed by atoms with Gasteiger partial charge in [-0.1, -0.05) is 29.8 Å². The summed E-state index contributed by atoms with van der Waals surface area (Å²) < 4.78 is 15.2. The number of nitrogens with zero attached hydrogens (tertiary/aromatic N) is 2. The van der Waals surface area contributed by atoms with Crippen LogP contribution in [0.2, 0.25) is 5.02 Å². The Balaban J connectivity index is 1.86. The summed E-state index contributed by atoms with van der Waals surface area (Å²) in [5, 5.41) is 3.27. The smallest absolute Gasteiger partial charge is 0.270 e. The van der Waals surface area contributed by atoms with Crippen molar-refractivity contribution in [2.75, 3.05) is 0 Å². The van der Waals surface area contributed by atoms with Crippen LogP contribution >= 0.6 is 11.6 Å². The predicted octanol–water partition coefficient (Wildman–Crippen LogP) is 3.37. The number of halogens is 2. The van der Waals surface area contributed by atoms with Crippen LogP contribution in [-0.2, 0) is 6.54 Å². The molecule has 4 nitrogen and oxygen atoms in total. The standard InChI is InChI=1S/C16H13ClFN3O/c1-10-15(21-7-6-12(17)8-14(21)20-10)16(22)19-9-11-4-2-3-5-13(11)18/h2-8H,9H2,1H3,(H,19,22). The van der Waals surface area contributed by atoms with Gasteiger partial charge < -0.3 is 5.32 Å². The minimum absolute atomic E-state index is 0.117. The van der Waals surface area contributed by atoms with Gasteiger partial charge in [-0.15, -0.1) is 0 Å². The SMILES string of the molecule is Cc1nc2cc(Cl)ccn2c1C(=O)NCc1ccccc1F. The summed E-state index contributed by atoms with van der Waals surface area (Å²) in [6.45, 7) is 1.87. The largest absolute Gasteiger partial charge is 0.347 e. The lowest BCUT2D eigenvalue weighted by Crippen LogP contribution is -2.25. The first-order valence-corrected chi connectivity index (χ1v) is 7.10. The number of benzene rings is 1. The Labute approximate surface area is 131 Å². The quantitative estimate of drug-likeness (QED) is 0.805. The molecule has 0 atom stereocenters. The highest BCUT2D eigenvalue weighted by atomic mass is 35.5. The molecule has 0 bridgehead atoms. The van der Waals surface area contributed by atoms with Crippen molar-refractivity contribution >= 4 is 23.2 Å². The van der Waals surface area contributed by atoms with Crippen molar-refractivity contribution in [1.82, 2.24) is 14.7 Å². The molecular weight excluding hydrogens is 305 g/mol. The van der Waals surface area contributed by atoms with E-state index in [0.29, 0.717) is 27.6 Å². The van der Waals surface area contributed by atoms with Gasteiger partial charge in [-0.25, -0.2) is 9.37 Å². The number of imidazole rings is 1. The Kier molecular flexibility index (Phi) is 3.81. The van der Waals surface area contributed by atoms with Crippen molar-refractivity contribution in [2.45, 2.75) is 13.5 Å². The molecule has 3 aromatic rings. The molecule has 1 N–H and O–H groups in total. The molecule has 3 rings (SSSR count). The summed E-state index contributed by atoms with van der Waals surface area (Å²) >= 11 is 5.92. The third kappa shape index (κ3) is 2.67. The number of amides is 1. The molecule has 0 spiro atoms. The molecule has 0 aliphatic rings. The van der Waals surface area contributed by atoms with Crippen LogP contribution in [0.5, 0.6) is 0 Å². The number of hydrogen-bond acceptors (Lipinski definition) is 2. The highest BCUT2D eigenvalue weighted by Crippen LogP contribution is 2.16. The van der Waals surface area contributed by atoms with E-state index in [2.05, 4.69) is 10.3 Å². The summed E-state index contributed by atoms with van der Waals surface area (Å²) in [6.07, 6.45) is 1.69. The minimum Gasteiger partial charge on any atom is -0.347 e. The first-order chi connectivity index (χ1) is 10.6. The molecule has 0 saturated carbocycles. The monoisotopic (exact) mass is 317 g/mol. The molecule has 0 saturated heterocycles. The molecule has 0 fully saturated rings. The first-order valence-electron chi connectivity index (χ1n) is 6.72. The van der Waals surface area contributed by atoms with Gasteiger partial charge in [0.2, 0.25) is 0 Å². The molecule has 2 heterocycles. The maximum Gasteiger partial charge on any atom is 0.270 e. The van der Waals surface area contributed by atoms with Gasteiger partial charge >= 0.3 is 0 Å². The van der Waals surface area contributed by atoms with Gasteiger partial charge in [-0.05, 0) is 19.1 Å². The summed E-state index contributed by atoms with van der Waals surface area (Å²) in [5.41, 5.74) is 2.04. The zero-order valence-electron chi connectivity index (χ0n) is 11.8. The second kappa shape index (κ2) is 5.77. The van der Waals surface area contributed by atoms with Crippen molar-refractivity contribution in [3.05, 3.63) is 70.4 Å². The van der Waals surface area contributed by atoms with Crippen LogP contribution in [0.3, 0.4) is 0 Å². The normalized spacial score (nSPS) is 10.9. The number of hydrogen-bond donors (Lipinski definition) is 1. The Morgan fingerprint density at radius 1 is 1.36 bits per heavy atom. The minimum atomic E-state index is -0.343. The molecule has 2 aromatic heterocycles. The number of fused-ring (bicyclic) bond motifs is 1. The maximum absolute atomic E-state index is 13.6. The van der Waals surface area contributed by atoms with E-state index in [4.69, 9.17) is 11.6 Å². The number of rotatable bonds is 3. The van der Waals surface area contributed by atoms with Crippen LogP contribution in [0.25, 0.3) is 5.65 Å². The van der Waals surface area contributed by atoms with E-state index in [9.17, 15) is 9.18 Å². The zero-order chi connectivity index (χ0) is 15.7. The highest BCUT2D eigenvalue weighted by Gasteiger charge is 2.16. The van der Waals surface area contributed by atoms with Gasteiger partial charge in [0.1, 0.15) is 17.2 Å². The highest BCUT2D eigenvalue weighted by molar-refractivity contribution is 6.30. The summed E-state index contributed by atoms with van der Waals surface area (Å²) in [6, 6.07) is 9.70. The van der Waals surface area contributed by atoms with Crippen LogP contribution in [0.1, 0.15) is 21.7 Å². The van der Waals surface area contributed by atoms with Gasteiger partial charge in [0, 0.05) is 29.4 Å². The van der Waals surface area contributed by atoms with Crippen LogP contribution in [0.15, 0.2) is 42.6 Å². The molecule has 22 heavy (non-hydrogen) atoms. The third-order valence-electron chi connectivity index (χ3n) is 3.37. The Hall–Kier alpha value is -2.40. The van der Waals surface area contributed by atoms with E-state index in [0.717, 1.165) is 0 Å². The average Bonchev–Trinajstić information content (AvgIpc) is 2.81. The van der Waals surface area contributed by atoms with Gasteiger partial charge in [-0.3, -0.25) is 9.20 Å². The van der Waals surface area contributed by atoms with E-state index < -0.39 is 0 Å². The molecule has 0 aliphatic heterocycles. The van der Waals surface area contributed by atoms with Gasteiger partial charge in [0.25, 0.3) is 5.91 Å². The summed E-state index contributed by atoms with van der Waals surface area (Å²) in [4.78, 5) is 16.7. The number of carbonyl (C=O) groups excluding carboxylic acids is 1. The third-order valence-corrected chi connectivity index (χ3v) is 3.61. The van der Waals surface area contributed by atoms with E-state index in [-0.39, 0.29) is 18.3 Å². The van der Waals surface area contributed by atoms with Crippen molar-refractivity contribution in [3.63, 3.8) is 0 Å². The lowest BCUT2D eigenvalue weighted by molar-refractivity contribution is 0.0944. The molecule has 0 radical (unpaired) electrons. The Morgan fingerprint density at radius 3 is 2.91 bits per heavy atom. The number of aryl methyl sites for hydroxylation is 1. The first kappa shape index (κ1) is 14.5. The second-order valence-electron chi connectivity index (χ2n) is 4.89. The molecule has 112 valence electrons. The van der Waals surface area contributed by atoms with Crippen molar-refractivity contribution in [2.24, 2.45) is 0 Å². The topological polar surface area (TPSA) is 46.4 Å². The van der Waals surface area contributed by atoms with Gasteiger partial charge in [0.15, 0.2) is 0 Å². The van der Waals surface area contributed by atoms with Crippen LogP contribution in [0.4, 0.5) is 4.39 Å². The van der Waals surface area contributed by atoms with Crippen LogP contribution in [0, 0.1) is 12.7 Å². The number of nitrogens with one attached hydrogen (secondary N) is 1. The van der Waals surface area contributed by atoms with E-state index in [1.54, 1.807) is 47.9 Å². The summed E-state index contributed by atoms with van der Waals surface area (Å²) in [5.74, 6) is -0.653. The zero-order valence-corrected chi connectivity index (χ0v) is 12.6. The van der Waals surface area contributed by atoms with Crippen molar-refractivity contribution < 1.29 is 9.18 Å². The lowest BCUT2D eigenvalue weighted by Gasteiger charge is -2.07. The van der Waals surface area contributed by atoms with E-state index in [1.165, 1.54) is 6.07 Å². The Bertz CT molecular complexity index is 860.